The van der Waals surface area contributed by atoms with Crippen molar-refractivity contribution in [3.05, 3.63) is 36.5 Å². The van der Waals surface area contributed by atoms with E-state index in [4.69, 9.17) is 5.11 Å². The molecule has 0 amide bonds. The van der Waals surface area contributed by atoms with E-state index in [1.165, 1.54) is 5.39 Å². The number of rotatable bonds is 2. The van der Waals surface area contributed by atoms with Gasteiger partial charge in [0.25, 0.3) is 0 Å². The lowest BCUT2D eigenvalue weighted by Gasteiger charge is -2.00. The highest BCUT2D eigenvalue weighted by Gasteiger charge is 1.97. The van der Waals surface area contributed by atoms with Crippen LogP contribution >= 0.6 is 0 Å². The van der Waals surface area contributed by atoms with E-state index in [9.17, 15) is 0 Å². The van der Waals surface area contributed by atoms with Gasteiger partial charge in [-0.15, -0.1) is 0 Å². The summed E-state index contributed by atoms with van der Waals surface area (Å²) in [6, 6.07) is 10.00. The van der Waals surface area contributed by atoms with E-state index in [0.29, 0.717) is 6.54 Å². The lowest BCUT2D eigenvalue weighted by atomic mass is 10.2. The largest absolute Gasteiger partial charge is 0.395 e. The van der Waals surface area contributed by atoms with Crippen LogP contribution < -0.4 is 0 Å². The standard InChI is InChI=1S/C10H10NO/c12-8-7-11-6-5-9-3-1-2-4-10(9)11/h1-5,12H,7-8H2. The van der Waals surface area contributed by atoms with Gasteiger partial charge >= 0.3 is 0 Å². The van der Waals surface area contributed by atoms with Gasteiger partial charge in [0.1, 0.15) is 0 Å². The van der Waals surface area contributed by atoms with E-state index >= 15 is 0 Å². The Morgan fingerprint density at radius 2 is 2.17 bits per heavy atom. The molecule has 1 heterocycles. The van der Waals surface area contributed by atoms with E-state index < -0.39 is 0 Å². The summed E-state index contributed by atoms with van der Waals surface area (Å²) in [6.45, 7) is 0.780. The molecular weight excluding hydrogens is 150 g/mol. The molecule has 2 heteroatoms. The highest BCUT2D eigenvalue weighted by atomic mass is 16.3. The Morgan fingerprint density at radius 1 is 1.33 bits per heavy atom. The monoisotopic (exact) mass is 160 g/mol. The van der Waals surface area contributed by atoms with Gasteiger partial charge in [-0.2, -0.15) is 0 Å². The molecule has 0 aliphatic carbocycles. The second-order valence-corrected chi connectivity index (χ2v) is 2.71. The zero-order chi connectivity index (χ0) is 8.39. The maximum Gasteiger partial charge on any atom is 0.0660 e. The SMILES string of the molecule is OCCn1[c]cc2ccccc21. The van der Waals surface area contributed by atoms with Gasteiger partial charge in [-0.05, 0) is 12.1 Å². The average Bonchev–Trinajstić information content (AvgIpc) is 2.50. The van der Waals surface area contributed by atoms with Crippen LogP contribution in [-0.2, 0) is 6.54 Å². The van der Waals surface area contributed by atoms with Gasteiger partial charge in [0.05, 0.1) is 12.8 Å². The number of aliphatic hydroxyl groups excluding tert-OH is 1. The molecular formula is C10H10NO. The first-order chi connectivity index (χ1) is 5.92. The van der Waals surface area contributed by atoms with Gasteiger partial charge in [-0.25, -0.2) is 0 Å². The summed E-state index contributed by atoms with van der Waals surface area (Å²) in [5.74, 6) is 0. The molecule has 1 N–H and O–H groups in total. The molecule has 1 aromatic heterocycles. The minimum absolute atomic E-state index is 0.162. The first-order valence-electron chi connectivity index (χ1n) is 3.98. The van der Waals surface area contributed by atoms with Crippen LogP contribution in [-0.4, -0.2) is 16.3 Å². The van der Waals surface area contributed by atoms with E-state index in [1.54, 1.807) is 0 Å². The van der Waals surface area contributed by atoms with Gasteiger partial charge in [-0.3, -0.25) is 0 Å². The number of para-hydroxylation sites is 1. The summed E-state index contributed by atoms with van der Waals surface area (Å²) < 4.78 is 1.93. The average molecular weight is 160 g/mol. The highest BCUT2D eigenvalue weighted by molar-refractivity contribution is 5.79. The van der Waals surface area contributed by atoms with Crippen LogP contribution in [0.2, 0.25) is 0 Å². The molecule has 2 nitrogen and oxygen atoms in total. The fourth-order valence-electron chi connectivity index (χ4n) is 1.36. The van der Waals surface area contributed by atoms with Crippen molar-refractivity contribution in [1.29, 1.82) is 0 Å². The molecule has 0 fully saturated rings. The number of aromatic nitrogens is 1. The third-order valence-electron chi connectivity index (χ3n) is 1.93. The predicted molar refractivity (Wildman–Crippen MR) is 47.9 cm³/mol. The Morgan fingerprint density at radius 3 is 3.00 bits per heavy atom. The number of aliphatic hydroxyl groups is 1. The number of benzene rings is 1. The maximum atomic E-state index is 8.76. The topological polar surface area (TPSA) is 25.2 Å². The van der Waals surface area contributed by atoms with Gasteiger partial charge in [0, 0.05) is 17.4 Å². The molecule has 0 aliphatic heterocycles. The fraction of sp³-hybridized carbons (Fsp3) is 0.200. The summed E-state index contributed by atoms with van der Waals surface area (Å²) in [7, 11) is 0. The van der Waals surface area contributed by atoms with Crippen molar-refractivity contribution in [2.45, 2.75) is 6.54 Å². The van der Waals surface area contributed by atoms with Gasteiger partial charge in [0.15, 0.2) is 0 Å². The Labute approximate surface area is 71.1 Å². The minimum atomic E-state index is 0.162. The molecule has 0 bridgehead atoms. The lowest BCUT2D eigenvalue weighted by molar-refractivity contribution is 0.278. The van der Waals surface area contributed by atoms with Crippen molar-refractivity contribution >= 4 is 10.9 Å². The molecule has 0 saturated heterocycles. The van der Waals surface area contributed by atoms with Gasteiger partial charge < -0.3 is 9.67 Å². The van der Waals surface area contributed by atoms with Crippen LogP contribution in [0.3, 0.4) is 0 Å². The second kappa shape index (κ2) is 2.99. The lowest BCUT2D eigenvalue weighted by Crippen LogP contribution is -1.99. The van der Waals surface area contributed by atoms with E-state index in [2.05, 4.69) is 6.20 Å². The molecule has 2 rings (SSSR count). The van der Waals surface area contributed by atoms with Crippen LogP contribution in [0, 0.1) is 6.20 Å². The molecule has 61 valence electrons. The van der Waals surface area contributed by atoms with Crippen LogP contribution in [0.4, 0.5) is 0 Å². The van der Waals surface area contributed by atoms with Crippen LogP contribution in [0.25, 0.3) is 10.9 Å². The molecule has 0 saturated carbocycles. The van der Waals surface area contributed by atoms with E-state index in [0.717, 1.165) is 5.52 Å². The first-order valence-corrected chi connectivity index (χ1v) is 3.98. The summed E-state index contributed by atoms with van der Waals surface area (Å²) >= 11 is 0. The molecule has 12 heavy (non-hydrogen) atoms. The summed E-state index contributed by atoms with van der Waals surface area (Å²) in [5.41, 5.74) is 1.13. The molecule has 1 aromatic carbocycles. The number of fused-ring (bicyclic) bond motifs is 1. The second-order valence-electron chi connectivity index (χ2n) is 2.71. The Kier molecular flexibility index (Phi) is 1.84. The van der Waals surface area contributed by atoms with Crippen molar-refractivity contribution in [2.24, 2.45) is 0 Å². The van der Waals surface area contributed by atoms with Gasteiger partial charge in [0.2, 0.25) is 0 Å². The smallest absolute Gasteiger partial charge is 0.0660 e. The maximum absolute atomic E-state index is 8.76. The van der Waals surface area contributed by atoms with E-state index in [-0.39, 0.29) is 6.61 Å². The predicted octanol–water partition coefficient (Wildman–Crippen LogP) is 1.43. The number of hydrogen-bond acceptors (Lipinski definition) is 1. The molecule has 0 spiro atoms. The quantitative estimate of drug-likeness (QED) is 0.706. The highest BCUT2D eigenvalue weighted by Crippen LogP contribution is 2.13. The molecule has 2 aromatic rings. The molecule has 0 unspecified atom stereocenters. The summed E-state index contributed by atoms with van der Waals surface area (Å²) in [6.07, 6.45) is 3.07. The molecule has 1 radical (unpaired) electrons. The van der Waals surface area contributed by atoms with Crippen molar-refractivity contribution in [3.63, 3.8) is 0 Å². The zero-order valence-corrected chi connectivity index (χ0v) is 6.70. The number of hydrogen-bond donors (Lipinski definition) is 1. The minimum Gasteiger partial charge on any atom is -0.395 e. The van der Waals surface area contributed by atoms with Crippen LogP contribution in [0.5, 0.6) is 0 Å². The fourth-order valence-corrected chi connectivity index (χ4v) is 1.36. The Hall–Kier alpha value is -1.28. The third-order valence-corrected chi connectivity index (χ3v) is 1.93. The Bertz CT molecular complexity index is 378. The van der Waals surface area contributed by atoms with E-state index in [1.807, 2.05) is 34.9 Å². The van der Waals surface area contributed by atoms with Crippen LogP contribution in [0.15, 0.2) is 30.3 Å². The molecule has 0 aliphatic rings. The summed E-state index contributed by atoms with van der Waals surface area (Å²) in [5, 5.41) is 9.93. The Balaban J connectivity index is 2.55. The van der Waals surface area contributed by atoms with Crippen molar-refractivity contribution in [3.8, 4) is 0 Å². The normalized spacial score (nSPS) is 10.8. The molecule has 0 atom stereocenters. The van der Waals surface area contributed by atoms with Crippen LogP contribution in [0.1, 0.15) is 0 Å². The first kappa shape index (κ1) is 7.37. The van der Waals surface area contributed by atoms with Crippen molar-refractivity contribution < 1.29 is 5.11 Å². The number of nitrogens with zero attached hydrogens (tertiary/aromatic N) is 1. The van der Waals surface area contributed by atoms with Crippen molar-refractivity contribution in [1.82, 2.24) is 4.57 Å². The third kappa shape index (κ3) is 1.10. The van der Waals surface area contributed by atoms with Gasteiger partial charge in [-0.1, -0.05) is 18.2 Å². The van der Waals surface area contributed by atoms with Crippen molar-refractivity contribution in [2.75, 3.05) is 6.61 Å². The zero-order valence-electron chi connectivity index (χ0n) is 6.70. The summed E-state index contributed by atoms with van der Waals surface area (Å²) in [4.78, 5) is 0.